The Morgan fingerprint density at radius 1 is 1.31 bits per heavy atom. The summed E-state index contributed by atoms with van der Waals surface area (Å²) in [7, 11) is 0. The Bertz CT molecular complexity index is 1170. The number of ketones is 2. The van der Waals surface area contributed by atoms with Crippen LogP contribution in [-0.4, -0.2) is 65.0 Å². The largest absolute Gasteiger partial charge is 0.391 e. The molecule has 35 heavy (non-hydrogen) atoms. The molecular formula is C24H29ClN4O6. The molecule has 1 aliphatic heterocycles. The third-order valence-electron chi connectivity index (χ3n) is 5.57. The van der Waals surface area contributed by atoms with Crippen LogP contribution in [0.1, 0.15) is 37.7 Å². The number of halogens is 1. The average molecular weight is 505 g/mol. The maximum absolute atomic E-state index is 12.9. The number of benzene rings is 1. The fraction of sp³-hybridized carbons (Fsp3) is 0.500. The van der Waals surface area contributed by atoms with Crippen molar-refractivity contribution in [2.75, 3.05) is 26.7 Å². The Balaban J connectivity index is 1.63. The van der Waals surface area contributed by atoms with Gasteiger partial charge in [-0.15, -0.1) is 0 Å². The lowest BCUT2D eigenvalue weighted by atomic mass is 9.97. The Hall–Kier alpha value is -2.65. The first-order chi connectivity index (χ1) is 16.9. The molecule has 1 aromatic carbocycles. The van der Waals surface area contributed by atoms with Gasteiger partial charge >= 0.3 is 0 Å². The van der Waals surface area contributed by atoms with Gasteiger partial charge in [0.1, 0.15) is 12.6 Å². The van der Waals surface area contributed by atoms with Gasteiger partial charge in [-0.3, -0.25) is 19.0 Å². The van der Waals surface area contributed by atoms with Gasteiger partial charge in [0.15, 0.2) is 5.78 Å². The first-order valence-corrected chi connectivity index (χ1v) is 11.7. The topological polar surface area (TPSA) is 146 Å². The van der Waals surface area contributed by atoms with Crippen LogP contribution in [0, 0.1) is 11.8 Å². The number of aromatic nitrogens is 2. The minimum absolute atomic E-state index is 0.0250. The highest BCUT2D eigenvalue weighted by molar-refractivity contribution is 6.32. The van der Waals surface area contributed by atoms with Gasteiger partial charge in [0.05, 0.1) is 54.7 Å². The number of hydrogen-bond acceptors (Lipinski definition) is 9. The zero-order valence-electron chi connectivity index (χ0n) is 19.3. The number of carbonyl (C=O) groups is 2. The minimum atomic E-state index is -0.572. The first kappa shape index (κ1) is 26.9. The second kappa shape index (κ2) is 13.4. The molecule has 0 radical (unpaired) electrons. The van der Waals surface area contributed by atoms with Crippen LogP contribution in [0.5, 0.6) is 0 Å². The zero-order chi connectivity index (χ0) is 25.2. The van der Waals surface area contributed by atoms with E-state index in [4.69, 9.17) is 26.8 Å². The molecule has 1 fully saturated rings. The van der Waals surface area contributed by atoms with Gasteiger partial charge in [0, 0.05) is 24.4 Å². The van der Waals surface area contributed by atoms with Gasteiger partial charge in [-0.2, -0.15) is 0 Å². The van der Waals surface area contributed by atoms with E-state index in [0.717, 1.165) is 13.0 Å². The molecule has 10 nitrogen and oxygen atoms in total. The number of rotatable bonds is 11. The number of fused-ring (bicyclic) bond motifs is 1. The molecule has 2 atom stereocenters. The van der Waals surface area contributed by atoms with E-state index in [-0.39, 0.29) is 74.0 Å². The normalized spacial score (nSPS) is 17.7. The maximum Gasteiger partial charge on any atom is 0.261 e. The molecule has 0 aliphatic carbocycles. The van der Waals surface area contributed by atoms with Gasteiger partial charge < -0.3 is 25.6 Å². The van der Waals surface area contributed by atoms with Gasteiger partial charge in [-0.1, -0.05) is 23.4 Å². The predicted octanol–water partition coefficient (Wildman–Crippen LogP) is 0.730. The molecule has 11 heteroatoms. The summed E-state index contributed by atoms with van der Waals surface area (Å²) in [6.07, 6.45) is 2.62. The maximum atomic E-state index is 12.9. The van der Waals surface area contributed by atoms with E-state index in [1.165, 1.54) is 17.0 Å². The van der Waals surface area contributed by atoms with Crippen molar-refractivity contribution in [1.82, 2.24) is 14.9 Å². The smallest absolute Gasteiger partial charge is 0.261 e. The SMILES string of the molecule is NCOCOCCC(=O)CC#Cc1cc2ncn(CC(=O)CC3NCCCC3O)c(=O)c2cc1Cl. The molecule has 4 N–H and O–H groups in total. The number of nitrogens with two attached hydrogens (primary N) is 1. The van der Waals surface area contributed by atoms with E-state index < -0.39 is 11.7 Å². The minimum Gasteiger partial charge on any atom is -0.391 e. The summed E-state index contributed by atoms with van der Waals surface area (Å²) in [4.78, 5) is 41.6. The van der Waals surface area contributed by atoms with E-state index >= 15 is 0 Å². The van der Waals surface area contributed by atoms with Crippen LogP contribution in [0.25, 0.3) is 10.9 Å². The number of nitrogens with one attached hydrogen (secondary N) is 1. The Kier molecular flexibility index (Phi) is 10.3. The Morgan fingerprint density at radius 2 is 2.14 bits per heavy atom. The Morgan fingerprint density at radius 3 is 2.91 bits per heavy atom. The van der Waals surface area contributed by atoms with Crippen molar-refractivity contribution in [3.8, 4) is 11.8 Å². The summed E-state index contributed by atoms with van der Waals surface area (Å²) >= 11 is 6.32. The molecule has 0 amide bonds. The van der Waals surface area contributed by atoms with Crippen molar-refractivity contribution in [3.63, 3.8) is 0 Å². The molecule has 1 aliphatic rings. The summed E-state index contributed by atoms with van der Waals surface area (Å²) < 4.78 is 11.1. The van der Waals surface area contributed by atoms with E-state index in [9.17, 15) is 19.5 Å². The van der Waals surface area contributed by atoms with Crippen molar-refractivity contribution in [3.05, 3.63) is 39.4 Å². The van der Waals surface area contributed by atoms with Crippen molar-refractivity contribution in [2.45, 2.75) is 50.8 Å². The summed E-state index contributed by atoms with van der Waals surface area (Å²) in [5.41, 5.74) is 5.60. The second-order valence-electron chi connectivity index (χ2n) is 8.20. The van der Waals surface area contributed by atoms with Crippen LogP contribution in [0.15, 0.2) is 23.3 Å². The summed E-state index contributed by atoms with van der Waals surface area (Å²) in [5.74, 6) is 5.35. The van der Waals surface area contributed by atoms with E-state index in [1.54, 1.807) is 6.07 Å². The first-order valence-electron chi connectivity index (χ1n) is 11.4. The lowest BCUT2D eigenvalue weighted by Crippen LogP contribution is -2.46. The van der Waals surface area contributed by atoms with Crippen LogP contribution in [-0.2, 0) is 25.6 Å². The fourth-order valence-electron chi connectivity index (χ4n) is 3.71. The number of hydrogen-bond donors (Lipinski definition) is 3. The number of aliphatic hydroxyl groups is 1. The molecule has 0 saturated carbocycles. The second-order valence-corrected chi connectivity index (χ2v) is 8.61. The quantitative estimate of drug-likeness (QED) is 0.229. The molecule has 188 valence electrons. The molecule has 0 bridgehead atoms. The van der Waals surface area contributed by atoms with Gasteiger partial charge in [-0.05, 0) is 31.5 Å². The number of nitrogens with zero attached hydrogens (tertiary/aromatic N) is 2. The highest BCUT2D eigenvalue weighted by atomic mass is 35.5. The number of ether oxygens (including phenoxy) is 2. The number of aliphatic hydroxyl groups excluding tert-OH is 1. The van der Waals surface area contributed by atoms with Gasteiger partial charge in [-0.25, -0.2) is 4.98 Å². The summed E-state index contributed by atoms with van der Waals surface area (Å²) in [6.45, 7) is 0.912. The monoisotopic (exact) mass is 504 g/mol. The van der Waals surface area contributed by atoms with Crippen LogP contribution < -0.4 is 16.6 Å². The molecule has 0 spiro atoms. The van der Waals surface area contributed by atoms with Crippen molar-refractivity contribution >= 4 is 34.1 Å². The van der Waals surface area contributed by atoms with Crippen molar-refractivity contribution in [2.24, 2.45) is 5.73 Å². The van der Waals surface area contributed by atoms with Crippen molar-refractivity contribution in [1.29, 1.82) is 0 Å². The third kappa shape index (κ3) is 7.93. The van der Waals surface area contributed by atoms with Crippen molar-refractivity contribution < 1.29 is 24.2 Å². The average Bonchev–Trinajstić information content (AvgIpc) is 2.83. The standard InChI is InChI=1S/C24H29ClN4O6/c25-20-11-19-21(9-16(20)3-1-4-17(30)6-8-34-15-35-13-26)28-14-29(24(19)33)12-18(31)10-22-23(32)5-2-7-27-22/h9,11,14,22-23,27,32H,2,4-8,10,12-13,15,26H2. The van der Waals surface area contributed by atoms with Crippen LogP contribution >= 0.6 is 11.6 Å². The molecule has 2 aromatic rings. The third-order valence-corrected chi connectivity index (χ3v) is 5.89. The highest BCUT2D eigenvalue weighted by Gasteiger charge is 2.25. The Labute approximate surface area is 207 Å². The number of piperidine rings is 1. The highest BCUT2D eigenvalue weighted by Crippen LogP contribution is 2.20. The van der Waals surface area contributed by atoms with E-state index in [0.29, 0.717) is 17.5 Å². The predicted molar refractivity (Wildman–Crippen MR) is 130 cm³/mol. The van der Waals surface area contributed by atoms with E-state index in [1.807, 2.05) is 0 Å². The molecule has 1 aromatic heterocycles. The summed E-state index contributed by atoms with van der Waals surface area (Å²) in [5, 5.41) is 13.7. The number of Topliss-reactive ketones (excluding diaryl/α,β-unsaturated/α-hetero) is 2. The fourth-order valence-corrected chi connectivity index (χ4v) is 3.92. The van der Waals surface area contributed by atoms with Crippen LogP contribution in [0.4, 0.5) is 0 Å². The zero-order valence-corrected chi connectivity index (χ0v) is 20.1. The van der Waals surface area contributed by atoms with Crippen LogP contribution in [0.2, 0.25) is 5.02 Å². The van der Waals surface area contributed by atoms with E-state index in [2.05, 4.69) is 22.1 Å². The molecule has 1 saturated heterocycles. The lowest BCUT2D eigenvalue weighted by Gasteiger charge is -2.28. The summed E-state index contributed by atoms with van der Waals surface area (Å²) in [6, 6.07) is 2.75. The molecular weight excluding hydrogens is 476 g/mol. The number of carbonyl (C=O) groups excluding carboxylic acids is 2. The van der Waals surface area contributed by atoms with Gasteiger partial charge in [0.25, 0.3) is 5.56 Å². The lowest BCUT2D eigenvalue weighted by molar-refractivity contribution is -0.121. The van der Waals surface area contributed by atoms with Crippen LogP contribution in [0.3, 0.4) is 0 Å². The molecule has 3 rings (SSSR count). The van der Waals surface area contributed by atoms with Gasteiger partial charge in [0.2, 0.25) is 0 Å². The molecule has 2 heterocycles. The molecule has 2 unspecified atom stereocenters.